The number of rotatable bonds is 5. The predicted octanol–water partition coefficient (Wildman–Crippen LogP) is 1.84. The fourth-order valence-electron chi connectivity index (χ4n) is 2.81. The summed E-state index contributed by atoms with van der Waals surface area (Å²) in [6, 6.07) is 16.4. The Hall–Kier alpha value is -3.48. The summed E-state index contributed by atoms with van der Waals surface area (Å²) in [6.45, 7) is 4.17. The fraction of sp³-hybridized carbons (Fsp3) is 0.238. The van der Waals surface area contributed by atoms with E-state index in [0.717, 1.165) is 20.4 Å². The van der Waals surface area contributed by atoms with Crippen LogP contribution in [0.4, 0.5) is 0 Å². The van der Waals surface area contributed by atoms with Gasteiger partial charge in [-0.1, -0.05) is 42.5 Å². The molecule has 0 fully saturated rings. The maximum Gasteiger partial charge on any atom is 0.352 e. The highest BCUT2D eigenvalue weighted by Crippen LogP contribution is 2.07. The molecule has 144 valence electrons. The van der Waals surface area contributed by atoms with E-state index in [4.69, 9.17) is 0 Å². The van der Waals surface area contributed by atoms with Crippen molar-refractivity contribution >= 4 is 5.91 Å². The zero-order chi connectivity index (χ0) is 20.3. The van der Waals surface area contributed by atoms with Gasteiger partial charge in [-0.15, -0.1) is 0 Å². The molecule has 0 radical (unpaired) electrons. The number of hydrogen-bond acceptors (Lipinski definition) is 4. The van der Waals surface area contributed by atoms with Crippen LogP contribution in [0.5, 0.6) is 0 Å². The van der Waals surface area contributed by atoms with Gasteiger partial charge in [0.15, 0.2) is 0 Å². The number of carbonyl (C=O) groups is 1. The standard InChI is InChI=1S/C21H22N4O3/c1-4-23(3)19(26)18-20(27)24(14-16-10-6-5-7-11-16)21(28)25(22-18)17-12-8-9-15(2)13-17/h5-13H,4,14H2,1-3H3. The monoisotopic (exact) mass is 378 g/mol. The van der Waals surface area contributed by atoms with Gasteiger partial charge in [0.1, 0.15) is 0 Å². The van der Waals surface area contributed by atoms with Crippen LogP contribution in [0.1, 0.15) is 28.5 Å². The summed E-state index contributed by atoms with van der Waals surface area (Å²) in [6.07, 6.45) is 0. The minimum atomic E-state index is -0.692. The molecule has 0 N–H and O–H groups in total. The van der Waals surface area contributed by atoms with Crippen LogP contribution in [-0.4, -0.2) is 38.7 Å². The van der Waals surface area contributed by atoms with Gasteiger partial charge in [-0.05, 0) is 37.1 Å². The number of aryl methyl sites for hydroxylation is 1. The second-order valence-electron chi connectivity index (χ2n) is 6.58. The van der Waals surface area contributed by atoms with E-state index < -0.39 is 17.2 Å². The van der Waals surface area contributed by atoms with Crippen molar-refractivity contribution in [2.45, 2.75) is 20.4 Å². The van der Waals surface area contributed by atoms with Crippen molar-refractivity contribution in [1.29, 1.82) is 0 Å². The second kappa shape index (κ2) is 8.04. The van der Waals surface area contributed by atoms with E-state index in [0.29, 0.717) is 12.2 Å². The number of benzene rings is 2. The van der Waals surface area contributed by atoms with E-state index in [1.54, 1.807) is 32.2 Å². The third-order valence-electron chi connectivity index (χ3n) is 4.51. The Morgan fingerprint density at radius 2 is 1.79 bits per heavy atom. The summed E-state index contributed by atoms with van der Waals surface area (Å²) < 4.78 is 2.18. The SMILES string of the molecule is CCN(C)C(=O)c1nn(-c2cccc(C)c2)c(=O)n(Cc2ccccc2)c1=O. The van der Waals surface area contributed by atoms with Crippen molar-refractivity contribution in [2.75, 3.05) is 13.6 Å². The molecule has 7 nitrogen and oxygen atoms in total. The minimum absolute atomic E-state index is 0.0585. The van der Waals surface area contributed by atoms with Gasteiger partial charge >= 0.3 is 5.69 Å². The average molecular weight is 378 g/mol. The highest BCUT2D eigenvalue weighted by molar-refractivity contribution is 5.91. The lowest BCUT2D eigenvalue weighted by Crippen LogP contribution is -2.46. The molecule has 1 amide bonds. The first-order valence-electron chi connectivity index (χ1n) is 9.03. The highest BCUT2D eigenvalue weighted by atomic mass is 16.2. The van der Waals surface area contributed by atoms with Crippen molar-refractivity contribution in [3.8, 4) is 5.69 Å². The number of amides is 1. The van der Waals surface area contributed by atoms with E-state index in [9.17, 15) is 14.4 Å². The molecule has 0 saturated heterocycles. The van der Waals surface area contributed by atoms with E-state index in [1.807, 2.05) is 43.3 Å². The minimum Gasteiger partial charge on any atom is -0.340 e. The smallest absolute Gasteiger partial charge is 0.340 e. The molecule has 7 heteroatoms. The Balaban J connectivity index is 2.25. The summed E-state index contributed by atoms with van der Waals surface area (Å²) in [4.78, 5) is 40.1. The quantitative estimate of drug-likeness (QED) is 0.679. The largest absolute Gasteiger partial charge is 0.352 e. The molecule has 0 aliphatic rings. The van der Waals surface area contributed by atoms with Gasteiger partial charge in [0.2, 0.25) is 5.69 Å². The molecule has 0 unspecified atom stereocenters. The fourth-order valence-corrected chi connectivity index (χ4v) is 2.81. The van der Waals surface area contributed by atoms with Crippen LogP contribution >= 0.6 is 0 Å². The maximum atomic E-state index is 13.1. The number of carbonyl (C=O) groups excluding carboxylic acids is 1. The summed E-state index contributed by atoms with van der Waals surface area (Å²) in [5.74, 6) is -0.518. The Kier molecular flexibility index (Phi) is 5.54. The van der Waals surface area contributed by atoms with Crippen LogP contribution < -0.4 is 11.2 Å². The van der Waals surface area contributed by atoms with E-state index in [2.05, 4.69) is 5.10 Å². The predicted molar refractivity (Wildman–Crippen MR) is 107 cm³/mol. The van der Waals surface area contributed by atoms with Gasteiger partial charge in [-0.3, -0.25) is 14.2 Å². The molecule has 3 rings (SSSR count). The van der Waals surface area contributed by atoms with Gasteiger partial charge in [-0.2, -0.15) is 9.78 Å². The van der Waals surface area contributed by atoms with Crippen molar-refractivity contribution < 1.29 is 4.79 Å². The lowest BCUT2D eigenvalue weighted by molar-refractivity contribution is 0.0791. The van der Waals surface area contributed by atoms with E-state index in [1.165, 1.54) is 4.90 Å². The molecule has 0 atom stereocenters. The van der Waals surface area contributed by atoms with Gasteiger partial charge in [0, 0.05) is 13.6 Å². The second-order valence-corrected chi connectivity index (χ2v) is 6.58. The van der Waals surface area contributed by atoms with Crippen molar-refractivity contribution in [1.82, 2.24) is 19.2 Å². The van der Waals surface area contributed by atoms with Crippen LogP contribution in [0.3, 0.4) is 0 Å². The number of hydrogen-bond donors (Lipinski definition) is 0. The van der Waals surface area contributed by atoms with Crippen LogP contribution in [0.2, 0.25) is 0 Å². The van der Waals surface area contributed by atoms with Gasteiger partial charge < -0.3 is 4.90 Å². The summed E-state index contributed by atoms with van der Waals surface area (Å²) in [5, 5.41) is 4.13. The first-order valence-corrected chi connectivity index (χ1v) is 9.03. The summed E-state index contributed by atoms with van der Waals surface area (Å²) in [5.41, 5.74) is 0.663. The third kappa shape index (κ3) is 3.78. The van der Waals surface area contributed by atoms with E-state index >= 15 is 0 Å². The molecule has 0 aliphatic carbocycles. The summed E-state index contributed by atoms with van der Waals surface area (Å²) >= 11 is 0. The zero-order valence-electron chi connectivity index (χ0n) is 16.1. The molecular formula is C21H22N4O3. The third-order valence-corrected chi connectivity index (χ3v) is 4.51. The van der Waals surface area contributed by atoms with Crippen LogP contribution in [0.15, 0.2) is 64.2 Å². The van der Waals surface area contributed by atoms with E-state index in [-0.39, 0.29) is 12.2 Å². The molecular weight excluding hydrogens is 356 g/mol. The number of nitrogens with zero attached hydrogens (tertiary/aromatic N) is 4. The summed E-state index contributed by atoms with van der Waals surface area (Å²) in [7, 11) is 1.59. The first kappa shape index (κ1) is 19.3. The zero-order valence-corrected chi connectivity index (χ0v) is 16.1. The Morgan fingerprint density at radius 3 is 2.43 bits per heavy atom. The first-order chi connectivity index (χ1) is 13.4. The van der Waals surface area contributed by atoms with Gasteiger partial charge in [0.25, 0.3) is 11.5 Å². The molecule has 0 spiro atoms. The lowest BCUT2D eigenvalue weighted by atomic mass is 10.2. The molecule has 0 saturated carbocycles. The van der Waals surface area contributed by atoms with Crippen LogP contribution in [-0.2, 0) is 6.54 Å². The Morgan fingerprint density at radius 1 is 1.07 bits per heavy atom. The molecule has 2 aromatic carbocycles. The molecule has 1 aromatic heterocycles. The molecule has 0 aliphatic heterocycles. The Bertz CT molecular complexity index is 1120. The van der Waals surface area contributed by atoms with Gasteiger partial charge in [-0.25, -0.2) is 4.79 Å². The topological polar surface area (TPSA) is 77.2 Å². The molecule has 1 heterocycles. The van der Waals surface area contributed by atoms with Gasteiger partial charge in [0.05, 0.1) is 12.2 Å². The Labute approximate surface area is 162 Å². The molecule has 0 bridgehead atoms. The highest BCUT2D eigenvalue weighted by Gasteiger charge is 2.22. The molecule has 28 heavy (non-hydrogen) atoms. The molecule has 3 aromatic rings. The lowest BCUT2D eigenvalue weighted by Gasteiger charge is -2.16. The normalized spacial score (nSPS) is 10.7. The average Bonchev–Trinajstić information content (AvgIpc) is 2.71. The van der Waals surface area contributed by atoms with Crippen molar-refractivity contribution in [2.24, 2.45) is 0 Å². The maximum absolute atomic E-state index is 13.1. The van der Waals surface area contributed by atoms with Crippen molar-refractivity contribution in [3.63, 3.8) is 0 Å². The van der Waals surface area contributed by atoms with Crippen LogP contribution in [0.25, 0.3) is 5.69 Å². The number of aromatic nitrogens is 3. The van der Waals surface area contributed by atoms with Crippen molar-refractivity contribution in [3.05, 3.63) is 92.3 Å². The van der Waals surface area contributed by atoms with Crippen LogP contribution in [0, 0.1) is 6.92 Å².